The van der Waals surface area contributed by atoms with Gasteiger partial charge in [0, 0.05) is 35.7 Å². The average Bonchev–Trinajstić information content (AvgIpc) is 3.37. The highest BCUT2D eigenvalue weighted by atomic mass is 19.4. The molecule has 2 aromatic rings. The van der Waals surface area contributed by atoms with Gasteiger partial charge in [-0.1, -0.05) is 0 Å². The Morgan fingerprint density at radius 1 is 1.16 bits per heavy atom. The highest BCUT2D eigenvalue weighted by molar-refractivity contribution is 5.94. The van der Waals surface area contributed by atoms with Crippen LogP contribution in [-0.2, 0) is 4.79 Å². The standard InChI is InChI=1S/C26H31F4N5O3/c1-38-22-11-18(19(27)14-31-22)20-12-21(34-33-20)24(37)35-10-7-15(13-25(35)8-2-9-25)23(36)32-17-5-3-16(4-6-17)26(28,29)30/h11-12,14-17H,2-10,13H2,1H3,(H,32,36)(H,33,34). The van der Waals surface area contributed by atoms with E-state index in [9.17, 15) is 27.2 Å². The molecule has 1 spiro atoms. The molecule has 1 atom stereocenters. The van der Waals surface area contributed by atoms with Gasteiger partial charge in [-0.25, -0.2) is 9.37 Å². The molecule has 206 valence electrons. The quantitative estimate of drug-likeness (QED) is 0.542. The SMILES string of the molecule is COc1cc(-c2cc(C(=O)N3CCC(C(=O)NC4CCC(C(F)(F)F)CC4)CC34CCC4)[nH]n2)c(F)cn1. The van der Waals surface area contributed by atoms with E-state index in [1.807, 2.05) is 0 Å². The van der Waals surface area contributed by atoms with Crippen LogP contribution in [0.4, 0.5) is 17.6 Å². The summed E-state index contributed by atoms with van der Waals surface area (Å²) in [6.45, 7) is 0.379. The van der Waals surface area contributed by atoms with Crippen LogP contribution in [0.2, 0.25) is 0 Å². The lowest BCUT2D eigenvalue weighted by Crippen LogP contribution is -2.61. The van der Waals surface area contributed by atoms with Crippen LogP contribution in [0.15, 0.2) is 18.3 Å². The fourth-order valence-corrected chi connectivity index (χ4v) is 6.12. The molecule has 8 nitrogen and oxygen atoms in total. The zero-order valence-corrected chi connectivity index (χ0v) is 21.1. The van der Waals surface area contributed by atoms with E-state index in [0.29, 0.717) is 32.2 Å². The number of hydrogen-bond donors (Lipinski definition) is 2. The fourth-order valence-electron chi connectivity index (χ4n) is 6.12. The van der Waals surface area contributed by atoms with Crippen LogP contribution in [0.3, 0.4) is 0 Å². The van der Waals surface area contributed by atoms with E-state index in [2.05, 4.69) is 20.5 Å². The van der Waals surface area contributed by atoms with Crippen molar-refractivity contribution in [3.63, 3.8) is 0 Å². The second-order valence-electron chi connectivity index (χ2n) is 10.7. The fraction of sp³-hybridized carbons (Fsp3) is 0.615. The maximum Gasteiger partial charge on any atom is 0.391 e. The third-order valence-electron chi connectivity index (χ3n) is 8.46. The summed E-state index contributed by atoms with van der Waals surface area (Å²) in [6.07, 6.45) is 1.04. The summed E-state index contributed by atoms with van der Waals surface area (Å²) in [5, 5.41) is 9.84. The Balaban J connectivity index is 1.23. The lowest BCUT2D eigenvalue weighted by atomic mass is 9.66. The Morgan fingerprint density at radius 3 is 2.53 bits per heavy atom. The van der Waals surface area contributed by atoms with E-state index >= 15 is 0 Å². The minimum atomic E-state index is -4.18. The van der Waals surface area contributed by atoms with Crippen LogP contribution in [0, 0.1) is 17.7 Å². The van der Waals surface area contributed by atoms with Gasteiger partial charge in [-0.3, -0.25) is 14.7 Å². The van der Waals surface area contributed by atoms with Crippen LogP contribution in [0.5, 0.6) is 5.88 Å². The molecule has 2 saturated carbocycles. The van der Waals surface area contributed by atoms with Crippen LogP contribution < -0.4 is 10.1 Å². The number of carbonyl (C=O) groups is 2. The zero-order chi connectivity index (χ0) is 27.1. The van der Waals surface area contributed by atoms with Gasteiger partial charge in [-0.2, -0.15) is 18.3 Å². The molecular weight excluding hydrogens is 506 g/mol. The molecule has 12 heteroatoms. The summed E-state index contributed by atoms with van der Waals surface area (Å²) in [7, 11) is 1.42. The number of H-pyrrole nitrogens is 1. The highest BCUT2D eigenvalue weighted by Gasteiger charge is 2.50. The van der Waals surface area contributed by atoms with Crippen molar-refractivity contribution in [1.29, 1.82) is 0 Å². The van der Waals surface area contributed by atoms with Crippen molar-refractivity contribution >= 4 is 11.8 Å². The molecule has 3 aliphatic rings. The first kappa shape index (κ1) is 26.4. The zero-order valence-electron chi connectivity index (χ0n) is 21.1. The summed E-state index contributed by atoms with van der Waals surface area (Å²) < 4.78 is 58.3. The summed E-state index contributed by atoms with van der Waals surface area (Å²) in [5.41, 5.74) is 0.196. The Labute approximate surface area is 217 Å². The van der Waals surface area contributed by atoms with Crippen molar-refractivity contribution in [2.75, 3.05) is 13.7 Å². The first-order valence-electron chi connectivity index (χ1n) is 13.0. The maximum absolute atomic E-state index is 14.3. The van der Waals surface area contributed by atoms with E-state index in [1.54, 1.807) is 4.90 Å². The number of aromatic amines is 1. The number of piperidine rings is 1. The van der Waals surface area contributed by atoms with Crippen LogP contribution in [0.1, 0.15) is 68.3 Å². The minimum Gasteiger partial charge on any atom is -0.481 e. The molecule has 3 fully saturated rings. The molecule has 0 bridgehead atoms. The normalized spacial score (nSPS) is 25.1. The van der Waals surface area contributed by atoms with E-state index < -0.39 is 23.5 Å². The largest absolute Gasteiger partial charge is 0.481 e. The number of halogens is 4. The van der Waals surface area contributed by atoms with E-state index in [1.165, 1.54) is 19.2 Å². The molecule has 2 N–H and O–H groups in total. The summed E-state index contributed by atoms with van der Waals surface area (Å²) in [6, 6.07) is 2.67. The van der Waals surface area contributed by atoms with Gasteiger partial charge >= 0.3 is 6.18 Å². The summed E-state index contributed by atoms with van der Waals surface area (Å²) >= 11 is 0. The third-order valence-corrected chi connectivity index (χ3v) is 8.46. The number of amides is 2. The van der Waals surface area contributed by atoms with Crippen LogP contribution in [0.25, 0.3) is 11.3 Å². The molecule has 1 aliphatic heterocycles. The average molecular weight is 538 g/mol. The van der Waals surface area contributed by atoms with Crippen LogP contribution in [-0.4, -0.2) is 63.3 Å². The van der Waals surface area contributed by atoms with Crippen LogP contribution >= 0.6 is 0 Å². The Hall–Kier alpha value is -3.18. The van der Waals surface area contributed by atoms with Crippen molar-refractivity contribution in [2.45, 2.75) is 75.5 Å². The topological polar surface area (TPSA) is 100 Å². The molecule has 2 amide bonds. The molecule has 1 saturated heterocycles. The van der Waals surface area contributed by atoms with E-state index in [4.69, 9.17) is 4.74 Å². The molecule has 38 heavy (non-hydrogen) atoms. The monoisotopic (exact) mass is 537 g/mol. The number of alkyl halides is 3. The summed E-state index contributed by atoms with van der Waals surface area (Å²) in [5.74, 6) is -2.34. The second kappa shape index (κ2) is 10.2. The first-order valence-corrected chi connectivity index (χ1v) is 13.0. The second-order valence-corrected chi connectivity index (χ2v) is 10.7. The molecule has 1 unspecified atom stereocenters. The molecule has 2 aliphatic carbocycles. The smallest absolute Gasteiger partial charge is 0.391 e. The first-order chi connectivity index (χ1) is 18.1. The lowest BCUT2D eigenvalue weighted by Gasteiger charge is -2.54. The van der Waals surface area contributed by atoms with Gasteiger partial charge in [0.15, 0.2) is 5.82 Å². The van der Waals surface area contributed by atoms with Crippen molar-refractivity contribution in [1.82, 2.24) is 25.4 Å². The number of nitrogens with zero attached hydrogens (tertiary/aromatic N) is 3. The van der Waals surface area contributed by atoms with Gasteiger partial charge in [-0.05, 0) is 63.9 Å². The number of rotatable bonds is 5. The molecule has 3 heterocycles. The van der Waals surface area contributed by atoms with Gasteiger partial charge < -0.3 is 15.0 Å². The van der Waals surface area contributed by atoms with Gasteiger partial charge in [0.05, 0.1) is 24.9 Å². The molecule has 2 aromatic heterocycles. The molecule has 5 rings (SSSR count). The number of ether oxygens (including phenoxy) is 1. The van der Waals surface area contributed by atoms with Gasteiger partial charge in [0.1, 0.15) is 5.69 Å². The van der Waals surface area contributed by atoms with Gasteiger partial charge in [0.25, 0.3) is 5.91 Å². The number of methoxy groups -OCH3 is 1. The number of likely N-dealkylation sites (tertiary alicyclic amines) is 1. The van der Waals surface area contributed by atoms with E-state index in [-0.39, 0.29) is 59.4 Å². The lowest BCUT2D eigenvalue weighted by molar-refractivity contribution is -0.182. The number of hydrogen-bond acceptors (Lipinski definition) is 5. The number of nitrogens with one attached hydrogen (secondary N) is 2. The highest BCUT2D eigenvalue weighted by Crippen LogP contribution is 2.47. The van der Waals surface area contributed by atoms with Crippen molar-refractivity contribution in [3.8, 4) is 17.1 Å². The third kappa shape index (κ3) is 5.09. The molecule has 0 radical (unpaired) electrons. The maximum atomic E-state index is 14.3. The van der Waals surface area contributed by atoms with Gasteiger partial charge in [-0.15, -0.1) is 0 Å². The number of aromatic nitrogens is 3. The molecule has 0 aromatic carbocycles. The predicted octanol–water partition coefficient (Wildman–Crippen LogP) is 4.63. The minimum absolute atomic E-state index is 0.0354. The molecular formula is C26H31F4N5O3. The summed E-state index contributed by atoms with van der Waals surface area (Å²) in [4.78, 5) is 32.2. The van der Waals surface area contributed by atoms with Gasteiger partial charge in [0.2, 0.25) is 11.8 Å². The van der Waals surface area contributed by atoms with Crippen molar-refractivity contribution < 1.29 is 31.9 Å². The Morgan fingerprint density at radius 2 is 1.89 bits per heavy atom. The Kier molecular flexibility index (Phi) is 7.08. The van der Waals surface area contributed by atoms with E-state index in [0.717, 1.165) is 25.5 Å². The predicted molar refractivity (Wildman–Crippen MR) is 129 cm³/mol. The number of carbonyl (C=O) groups excluding carboxylic acids is 2. The van der Waals surface area contributed by atoms with Crippen molar-refractivity contribution in [2.24, 2.45) is 11.8 Å². The van der Waals surface area contributed by atoms with Crippen molar-refractivity contribution in [3.05, 3.63) is 29.8 Å². The number of pyridine rings is 1. The Bertz CT molecular complexity index is 1190.